The molecule has 0 fully saturated rings. The summed E-state index contributed by atoms with van der Waals surface area (Å²) in [6, 6.07) is 13.1. The number of hydrogen-bond donors (Lipinski definition) is 1. The zero-order valence-corrected chi connectivity index (χ0v) is 14.4. The van der Waals surface area contributed by atoms with Gasteiger partial charge in [-0.3, -0.25) is 4.79 Å². The summed E-state index contributed by atoms with van der Waals surface area (Å²) < 4.78 is 5.67. The first-order chi connectivity index (χ1) is 11.4. The molecule has 0 saturated heterocycles. The lowest BCUT2D eigenvalue weighted by Gasteiger charge is -2.28. The first-order valence-corrected chi connectivity index (χ1v) is 8.03. The number of aromatic nitrogens is 1. The number of nitrogens with zero attached hydrogens (tertiary/aromatic N) is 2. The van der Waals surface area contributed by atoms with Gasteiger partial charge in [-0.1, -0.05) is 30.3 Å². The second kappa shape index (κ2) is 7.93. The van der Waals surface area contributed by atoms with Crippen LogP contribution in [-0.2, 0) is 6.61 Å². The quantitative estimate of drug-likeness (QED) is 0.849. The average Bonchev–Trinajstić information content (AvgIpc) is 2.57. The van der Waals surface area contributed by atoms with Crippen molar-refractivity contribution in [1.82, 2.24) is 9.88 Å². The number of likely N-dealkylation sites (N-methyl/N-ethyl adjacent to an activating group) is 1. The van der Waals surface area contributed by atoms with E-state index in [0.717, 1.165) is 5.56 Å². The highest BCUT2D eigenvalue weighted by atomic mass is 16.5. The maximum atomic E-state index is 12.6. The van der Waals surface area contributed by atoms with E-state index < -0.39 is 5.60 Å². The van der Waals surface area contributed by atoms with E-state index in [-0.39, 0.29) is 12.5 Å². The molecule has 1 N–H and O–H groups in total. The minimum Gasteiger partial charge on any atom is -0.473 e. The van der Waals surface area contributed by atoms with Crippen LogP contribution in [0.5, 0.6) is 5.88 Å². The zero-order valence-electron chi connectivity index (χ0n) is 14.4. The van der Waals surface area contributed by atoms with Crippen LogP contribution in [0.25, 0.3) is 0 Å². The highest BCUT2D eigenvalue weighted by Crippen LogP contribution is 2.15. The number of hydrogen-bond acceptors (Lipinski definition) is 4. The Labute approximate surface area is 142 Å². The summed E-state index contributed by atoms with van der Waals surface area (Å²) in [6.07, 6.45) is 1.56. The van der Waals surface area contributed by atoms with Crippen LogP contribution in [-0.4, -0.2) is 39.6 Å². The molecule has 0 spiro atoms. The van der Waals surface area contributed by atoms with Crippen LogP contribution in [0.15, 0.2) is 48.7 Å². The summed E-state index contributed by atoms with van der Waals surface area (Å²) in [6.45, 7) is 6.44. The van der Waals surface area contributed by atoms with Gasteiger partial charge in [0.15, 0.2) is 0 Å². The Morgan fingerprint density at radius 1 is 1.25 bits per heavy atom. The Hall–Kier alpha value is -2.40. The molecular weight excluding hydrogens is 304 g/mol. The van der Waals surface area contributed by atoms with Crippen LogP contribution in [0.4, 0.5) is 0 Å². The molecule has 0 unspecified atom stereocenters. The van der Waals surface area contributed by atoms with Gasteiger partial charge in [0, 0.05) is 30.9 Å². The van der Waals surface area contributed by atoms with Crippen LogP contribution in [0.1, 0.15) is 36.7 Å². The van der Waals surface area contributed by atoms with Gasteiger partial charge < -0.3 is 14.7 Å². The third-order valence-electron chi connectivity index (χ3n) is 3.46. The zero-order chi connectivity index (χ0) is 17.6. The molecule has 0 saturated carbocycles. The van der Waals surface area contributed by atoms with Crippen molar-refractivity contribution < 1.29 is 14.6 Å². The number of amides is 1. The highest BCUT2D eigenvalue weighted by molar-refractivity contribution is 5.94. The predicted octanol–water partition coefficient (Wildman–Crippen LogP) is 2.89. The van der Waals surface area contributed by atoms with Crippen LogP contribution >= 0.6 is 0 Å². The second-order valence-corrected chi connectivity index (χ2v) is 6.29. The van der Waals surface area contributed by atoms with Crippen molar-refractivity contribution in [3.8, 4) is 5.88 Å². The number of benzene rings is 1. The van der Waals surface area contributed by atoms with Crippen molar-refractivity contribution in [3.63, 3.8) is 0 Å². The van der Waals surface area contributed by atoms with Crippen molar-refractivity contribution in [2.24, 2.45) is 0 Å². The number of pyridine rings is 1. The molecule has 0 bridgehead atoms. The normalized spacial score (nSPS) is 11.2. The maximum absolute atomic E-state index is 12.6. The lowest BCUT2D eigenvalue weighted by atomic mass is 10.1. The molecule has 1 amide bonds. The Morgan fingerprint density at radius 2 is 1.96 bits per heavy atom. The fourth-order valence-corrected chi connectivity index (χ4v) is 2.33. The molecule has 5 heteroatoms. The summed E-state index contributed by atoms with van der Waals surface area (Å²) in [5.74, 6) is 0.260. The van der Waals surface area contributed by atoms with Gasteiger partial charge in [0.25, 0.3) is 5.91 Å². The first kappa shape index (κ1) is 17.9. The van der Waals surface area contributed by atoms with E-state index in [2.05, 4.69) is 4.98 Å². The molecule has 0 aliphatic carbocycles. The lowest BCUT2D eigenvalue weighted by molar-refractivity contribution is 0.0314. The third-order valence-corrected chi connectivity index (χ3v) is 3.46. The van der Waals surface area contributed by atoms with E-state index in [1.165, 1.54) is 0 Å². The average molecular weight is 328 g/mol. The molecule has 0 atom stereocenters. The summed E-state index contributed by atoms with van der Waals surface area (Å²) in [7, 11) is 0. The summed E-state index contributed by atoms with van der Waals surface area (Å²) >= 11 is 0. The number of aliphatic hydroxyl groups is 1. The van der Waals surface area contributed by atoms with Gasteiger partial charge >= 0.3 is 0 Å². The number of carbonyl (C=O) groups excluding carboxylic acids is 1. The van der Waals surface area contributed by atoms with Crippen LogP contribution in [0.3, 0.4) is 0 Å². The molecule has 1 aromatic carbocycles. The fourth-order valence-electron chi connectivity index (χ4n) is 2.33. The van der Waals surface area contributed by atoms with Gasteiger partial charge in [-0.2, -0.15) is 0 Å². The van der Waals surface area contributed by atoms with Gasteiger partial charge in [0.05, 0.1) is 5.60 Å². The third kappa shape index (κ3) is 5.35. The summed E-state index contributed by atoms with van der Waals surface area (Å²) in [5.41, 5.74) is 0.595. The molecular formula is C19H24N2O3. The number of rotatable bonds is 7. The van der Waals surface area contributed by atoms with Crippen molar-refractivity contribution >= 4 is 5.91 Å². The van der Waals surface area contributed by atoms with E-state index in [9.17, 15) is 9.90 Å². The summed E-state index contributed by atoms with van der Waals surface area (Å²) in [5, 5.41) is 9.95. The van der Waals surface area contributed by atoms with E-state index in [4.69, 9.17) is 4.74 Å². The molecule has 2 aromatic rings. The largest absolute Gasteiger partial charge is 0.473 e. The minimum absolute atomic E-state index is 0.147. The van der Waals surface area contributed by atoms with Crippen molar-refractivity contribution in [2.45, 2.75) is 33.0 Å². The lowest BCUT2D eigenvalue weighted by Crippen LogP contribution is -2.42. The van der Waals surface area contributed by atoms with Crippen LogP contribution in [0, 0.1) is 0 Å². The van der Waals surface area contributed by atoms with Gasteiger partial charge in [0.1, 0.15) is 6.61 Å². The predicted molar refractivity (Wildman–Crippen MR) is 92.9 cm³/mol. The van der Waals surface area contributed by atoms with Crippen LogP contribution in [0.2, 0.25) is 0 Å². The molecule has 0 aliphatic heterocycles. The molecule has 1 heterocycles. The smallest absolute Gasteiger partial charge is 0.254 e. The van der Waals surface area contributed by atoms with Gasteiger partial charge in [0.2, 0.25) is 5.88 Å². The fraction of sp³-hybridized carbons (Fsp3) is 0.368. The molecule has 5 nitrogen and oxygen atoms in total. The molecule has 2 rings (SSSR count). The Balaban J connectivity index is 2.07. The summed E-state index contributed by atoms with van der Waals surface area (Å²) in [4.78, 5) is 18.4. The Kier molecular flexibility index (Phi) is 5.93. The SMILES string of the molecule is CCN(CC(C)(C)O)C(=O)c1ccnc(OCc2ccccc2)c1. The number of carbonyl (C=O) groups is 1. The standard InChI is InChI=1S/C19H24N2O3/c1-4-21(14-19(2,3)23)18(22)16-10-11-20-17(12-16)24-13-15-8-6-5-7-9-15/h5-12,23H,4,13-14H2,1-3H3. The van der Waals surface area contributed by atoms with Gasteiger partial charge in [-0.25, -0.2) is 4.98 Å². The Bertz CT molecular complexity index is 666. The molecule has 0 aliphatic rings. The van der Waals surface area contributed by atoms with Crippen LogP contribution < -0.4 is 4.74 Å². The van der Waals surface area contributed by atoms with E-state index in [1.807, 2.05) is 37.3 Å². The maximum Gasteiger partial charge on any atom is 0.254 e. The number of ether oxygens (including phenoxy) is 1. The minimum atomic E-state index is -0.939. The molecule has 0 radical (unpaired) electrons. The van der Waals surface area contributed by atoms with E-state index in [1.54, 1.807) is 37.1 Å². The van der Waals surface area contributed by atoms with Crippen molar-refractivity contribution in [2.75, 3.05) is 13.1 Å². The molecule has 1 aromatic heterocycles. The van der Waals surface area contributed by atoms with Gasteiger partial charge in [-0.15, -0.1) is 0 Å². The highest BCUT2D eigenvalue weighted by Gasteiger charge is 2.22. The first-order valence-electron chi connectivity index (χ1n) is 8.03. The second-order valence-electron chi connectivity index (χ2n) is 6.29. The Morgan fingerprint density at radius 3 is 2.58 bits per heavy atom. The monoisotopic (exact) mass is 328 g/mol. The van der Waals surface area contributed by atoms with Gasteiger partial charge in [-0.05, 0) is 32.4 Å². The molecule has 128 valence electrons. The van der Waals surface area contributed by atoms with Crippen molar-refractivity contribution in [3.05, 3.63) is 59.8 Å². The van der Waals surface area contributed by atoms with E-state index in [0.29, 0.717) is 24.6 Å². The van der Waals surface area contributed by atoms with Crippen molar-refractivity contribution in [1.29, 1.82) is 0 Å². The topological polar surface area (TPSA) is 62.7 Å². The molecule has 24 heavy (non-hydrogen) atoms. The van der Waals surface area contributed by atoms with E-state index >= 15 is 0 Å².